The van der Waals surface area contributed by atoms with Crippen LogP contribution in [-0.4, -0.2) is 147 Å². The van der Waals surface area contributed by atoms with Crippen LogP contribution in [0.4, 0.5) is 38.5 Å². The van der Waals surface area contributed by atoms with Gasteiger partial charge in [-0.05, 0) is 93.9 Å². The Morgan fingerprint density at radius 3 is 1.51 bits per heavy atom. The number of carbonyl (C=O) groups excluding carboxylic acids is 3. The van der Waals surface area contributed by atoms with E-state index in [1.54, 1.807) is 47.2 Å². The van der Waals surface area contributed by atoms with Crippen LogP contribution in [0.3, 0.4) is 0 Å². The topological polar surface area (TPSA) is 276 Å². The maximum atomic E-state index is 13.0. The standard InChI is InChI=1S/C23H28ClN5O.C14H13ClN4O3S.C8H13NO3.C8H15NO2.C8H12O3/c1-28-20-16(15-29(22(28)30)19-7-3-2-6-18(19)24)14-25-21(27-20)26-17-8-12-23(13-9-17)10-4-5-11-23;1-18-12-9(7-16-13(17-12)23(2,21)22)8-19(14(18)20)11-6-4-3-5-10(11)15;10-9-7-1-3-8(4-2-7)11-5-6-12-8;2*9-7-1-3-8(4-2-7)10-5-6-11-8/h2-3,6-7,14,17H,4-5,8-13,15H2,1H3,(H,25,26,27);3-7H,8H2,1-2H3;10H,1-6H2;7H,1-6,9H2;1-6H2. The molecule has 0 radical (unpaired) electrons. The van der Waals surface area contributed by atoms with Gasteiger partial charge in [-0.1, -0.05) is 65.5 Å². The predicted octanol–water partition coefficient (Wildman–Crippen LogP) is 10.4. The van der Waals surface area contributed by atoms with Gasteiger partial charge in [-0.25, -0.2) is 33.0 Å². The number of hydrogen-bond acceptors (Lipinski definition) is 19. The number of para-hydroxylation sites is 2. The quantitative estimate of drug-likeness (QED) is 0.0951. The molecular formula is C61H81Cl2N11O12S. The highest BCUT2D eigenvalue weighted by molar-refractivity contribution is 7.90. The lowest BCUT2D eigenvalue weighted by Crippen LogP contribution is -2.46. The third-order valence-corrected chi connectivity index (χ3v) is 19.7. The number of nitrogens with zero attached hydrogens (tertiary/aromatic N) is 9. The van der Waals surface area contributed by atoms with Gasteiger partial charge in [0.15, 0.2) is 17.4 Å². The van der Waals surface area contributed by atoms with E-state index < -0.39 is 9.84 Å². The van der Waals surface area contributed by atoms with E-state index in [0.717, 1.165) is 95.0 Å². The first-order valence-corrected chi connectivity index (χ1v) is 33.0. The van der Waals surface area contributed by atoms with E-state index in [4.69, 9.17) is 67.5 Å². The van der Waals surface area contributed by atoms with Crippen molar-refractivity contribution < 1.29 is 56.4 Å². The number of aromatic nitrogens is 4. The third kappa shape index (κ3) is 15.5. The fraction of sp³-hybridized carbons (Fsp3) is 0.607. The number of fused-ring (bicyclic) bond motifs is 2. The molecule has 5 saturated carbocycles. The molecule has 4 amide bonds. The van der Waals surface area contributed by atoms with Gasteiger partial charge in [-0.15, -0.1) is 0 Å². The summed E-state index contributed by atoms with van der Waals surface area (Å²) in [5.41, 5.74) is 10.1. The van der Waals surface area contributed by atoms with Crippen molar-refractivity contribution in [3.63, 3.8) is 0 Å². The number of nitrogens with two attached hydrogens (primary N) is 1. The van der Waals surface area contributed by atoms with Crippen LogP contribution in [0.15, 0.2) is 71.2 Å². The number of amides is 4. The monoisotopic (exact) mass is 1260 g/mol. The molecule has 8 fully saturated rings. The van der Waals surface area contributed by atoms with Gasteiger partial charge in [-0.2, -0.15) is 4.98 Å². The van der Waals surface area contributed by atoms with Gasteiger partial charge in [0.1, 0.15) is 17.4 Å². The normalized spacial score (nSPS) is 23.4. The molecule has 10 aliphatic rings. The molecule has 5 aliphatic heterocycles. The van der Waals surface area contributed by atoms with Crippen molar-refractivity contribution in [3.05, 3.63) is 82.1 Å². The second-order valence-electron chi connectivity index (χ2n) is 24.1. The van der Waals surface area contributed by atoms with Crippen molar-refractivity contribution in [3.8, 4) is 0 Å². The molecule has 2 aromatic carbocycles. The molecule has 26 heteroatoms. The van der Waals surface area contributed by atoms with E-state index in [1.807, 2.05) is 24.4 Å². The molecule has 4 N–H and O–H groups in total. The van der Waals surface area contributed by atoms with E-state index in [1.165, 1.54) is 74.4 Å². The van der Waals surface area contributed by atoms with Crippen molar-refractivity contribution in [1.82, 2.24) is 19.9 Å². The summed E-state index contributed by atoms with van der Waals surface area (Å²) >= 11 is 12.5. The Morgan fingerprint density at radius 2 is 1.05 bits per heavy atom. The van der Waals surface area contributed by atoms with E-state index >= 15 is 0 Å². The van der Waals surface area contributed by atoms with Crippen LogP contribution in [-0.2, 0) is 56.1 Å². The molecule has 0 atom stereocenters. The number of hydrogen-bond donors (Lipinski definition) is 3. The fourth-order valence-electron chi connectivity index (χ4n) is 13.1. The number of anilines is 5. The highest BCUT2D eigenvalue weighted by Gasteiger charge is 2.43. The minimum atomic E-state index is -3.54. The number of halogens is 2. The lowest BCUT2D eigenvalue weighted by Gasteiger charge is -2.38. The number of ketones is 1. The van der Waals surface area contributed by atoms with Crippen LogP contribution in [0.5, 0.6) is 0 Å². The zero-order valence-corrected chi connectivity index (χ0v) is 52.3. The number of ether oxygens (including phenoxy) is 6. The summed E-state index contributed by atoms with van der Waals surface area (Å²) in [6, 6.07) is 14.7. The first-order valence-electron chi connectivity index (χ1n) is 30.4. The van der Waals surface area contributed by atoms with Crippen LogP contribution in [0, 0.1) is 5.41 Å². The summed E-state index contributed by atoms with van der Waals surface area (Å²) in [5.74, 6) is 0.983. The first kappa shape index (κ1) is 64.3. The van der Waals surface area contributed by atoms with Gasteiger partial charge in [0.2, 0.25) is 20.9 Å². The molecule has 2 aromatic heterocycles. The second-order valence-corrected chi connectivity index (χ2v) is 26.8. The first-order chi connectivity index (χ1) is 41.8. The number of Topliss-reactive ketones (excluding diaryl/α,β-unsaturated/α-hetero) is 1. The summed E-state index contributed by atoms with van der Waals surface area (Å²) in [4.78, 5) is 59.7. The molecule has 23 nitrogen and oxygen atoms in total. The summed E-state index contributed by atoms with van der Waals surface area (Å²) in [6.07, 6.45) is 24.9. The lowest BCUT2D eigenvalue weighted by molar-refractivity contribution is -0.179. The van der Waals surface area contributed by atoms with Gasteiger partial charge < -0.3 is 44.7 Å². The van der Waals surface area contributed by atoms with Crippen LogP contribution in [0.1, 0.15) is 140 Å². The summed E-state index contributed by atoms with van der Waals surface area (Å²) in [6.45, 7) is 4.92. The molecule has 4 aromatic rings. The van der Waals surface area contributed by atoms with Gasteiger partial charge in [-0.3, -0.25) is 24.4 Å². The van der Waals surface area contributed by atoms with Crippen LogP contribution in [0.2, 0.25) is 10.0 Å². The Labute approximate surface area is 518 Å². The molecule has 472 valence electrons. The molecule has 0 unspecified atom stereocenters. The van der Waals surface area contributed by atoms with E-state index in [9.17, 15) is 22.8 Å². The fourth-order valence-corrected chi connectivity index (χ4v) is 14.1. The van der Waals surface area contributed by atoms with Crippen LogP contribution in [0.25, 0.3) is 0 Å². The number of sulfone groups is 1. The zero-order chi connectivity index (χ0) is 61.4. The van der Waals surface area contributed by atoms with E-state index in [2.05, 4.69) is 25.4 Å². The van der Waals surface area contributed by atoms with Crippen LogP contribution < -0.4 is 30.7 Å². The number of benzene rings is 2. The highest BCUT2D eigenvalue weighted by Crippen LogP contribution is 2.49. The summed E-state index contributed by atoms with van der Waals surface area (Å²) in [7, 11) is -0.258. The van der Waals surface area contributed by atoms with Crippen molar-refractivity contribution in [1.29, 1.82) is 0 Å². The SMILES string of the molecule is CN1C(=O)N(c2ccccc2Cl)Cc2cnc(NC3CCC4(CCCC4)CC3)nc21.CN1C(=O)N(c2ccccc2Cl)Cc2cnc(S(C)(=O)=O)nc21.NC1CCC2(CC1)OCCO2.O=C1CCC2(CC1)OCCO2.ON=C1CCC2(CC1)OCCO2. The second kappa shape index (κ2) is 28.0. The minimum absolute atomic E-state index is 0.138. The predicted molar refractivity (Wildman–Crippen MR) is 328 cm³/mol. The largest absolute Gasteiger partial charge is 0.411 e. The van der Waals surface area contributed by atoms with Crippen molar-refractivity contribution >= 4 is 85.6 Å². The minimum Gasteiger partial charge on any atom is -0.411 e. The number of carbonyl (C=O) groups is 3. The Bertz CT molecular complexity index is 3190. The third-order valence-electron chi connectivity index (χ3n) is 18.2. The van der Waals surface area contributed by atoms with Crippen LogP contribution >= 0.6 is 23.2 Å². The summed E-state index contributed by atoms with van der Waals surface area (Å²) in [5, 5.41) is 16.0. The van der Waals surface area contributed by atoms with Gasteiger partial charge in [0.25, 0.3) is 0 Å². The molecule has 0 bridgehead atoms. The number of urea groups is 2. The van der Waals surface area contributed by atoms with Gasteiger partial charge >= 0.3 is 12.1 Å². The Hall–Kier alpha value is -5.67. The molecule has 7 heterocycles. The zero-order valence-electron chi connectivity index (χ0n) is 49.9. The maximum absolute atomic E-state index is 13.0. The van der Waals surface area contributed by atoms with Gasteiger partial charge in [0, 0.05) is 107 Å². The molecular weight excluding hydrogens is 1180 g/mol. The number of rotatable bonds is 5. The lowest BCUT2D eigenvalue weighted by atomic mass is 9.71. The van der Waals surface area contributed by atoms with Crippen molar-refractivity contribution in [2.45, 2.75) is 176 Å². The van der Waals surface area contributed by atoms with Gasteiger partial charge in [0.05, 0.1) is 79.9 Å². The highest BCUT2D eigenvalue weighted by atomic mass is 35.5. The molecule has 14 rings (SSSR count). The average molecular weight is 1260 g/mol. The number of nitrogens with one attached hydrogen (secondary N) is 1. The Morgan fingerprint density at radius 1 is 0.609 bits per heavy atom. The Balaban J connectivity index is 0.000000129. The van der Waals surface area contributed by atoms with Crippen molar-refractivity contribution in [2.24, 2.45) is 16.3 Å². The molecule has 87 heavy (non-hydrogen) atoms. The van der Waals surface area contributed by atoms with Crippen molar-refractivity contribution in [2.75, 3.05) is 84.9 Å². The molecule has 5 aliphatic carbocycles. The smallest absolute Gasteiger partial charge is 0.330 e. The molecule has 3 saturated heterocycles. The Kier molecular flexibility index (Phi) is 20.7. The number of oxime groups is 1. The maximum Gasteiger partial charge on any atom is 0.330 e. The summed E-state index contributed by atoms with van der Waals surface area (Å²) < 4.78 is 56.2. The molecule has 4 spiro atoms. The van der Waals surface area contributed by atoms with E-state index in [0.29, 0.717) is 108 Å². The average Bonchev–Trinajstić information content (AvgIpc) is 3.15. The van der Waals surface area contributed by atoms with E-state index in [-0.39, 0.29) is 46.9 Å².